The Hall–Kier alpha value is -3.01. The Kier molecular flexibility index (Phi) is 6.69. The third-order valence-electron chi connectivity index (χ3n) is 5.28. The van der Waals surface area contributed by atoms with Crippen LogP contribution in [0.15, 0.2) is 58.3 Å². The lowest BCUT2D eigenvalue weighted by molar-refractivity contribution is -0.121. The second-order valence-electron chi connectivity index (χ2n) is 7.54. The number of thiophene rings is 2. The van der Waals surface area contributed by atoms with Crippen LogP contribution >= 0.6 is 22.7 Å². The Bertz CT molecular complexity index is 1260. The molecule has 0 unspecified atom stereocenters. The molecule has 0 fully saturated rings. The molecule has 0 saturated heterocycles. The lowest BCUT2D eigenvalue weighted by Gasteiger charge is -2.25. The van der Waals surface area contributed by atoms with Crippen molar-refractivity contribution in [3.63, 3.8) is 0 Å². The number of carbonyl (C=O) groups excluding carboxylic acids is 1. The average molecular weight is 469 g/mol. The third-order valence-corrected chi connectivity index (χ3v) is 7.07. The molecule has 166 valence electrons. The van der Waals surface area contributed by atoms with Gasteiger partial charge in [-0.05, 0) is 43.2 Å². The van der Waals surface area contributed by atoms with Crippen LogP contribution in [0.5, 0.6) is 5.75 Å². The van der Waals surface area contributed by atoms with E-state index in [-0.39, 0.29) is 24.1 Å². The highest BCUT2D eigenvalue weighted by Crippen LogP contribution is 2.33. The number of methoxy groups -OCH3 is 1. The summed E-state index contributed by atoms with van der Waals surface area (Å²) in [4.78, 5) is 33.9. The van der Waals surface area contributed by atoms with E-state index in [0.717, 1.165) is 21.8 Å². The van der Waals surface area contributed by atoms with Crippen LogP contribution in [0.4, 0.5) is 0 Å². The first-order chi connectivity index (χ1) is 15.5. The Labute approximate surface area is 193 Å². The Morgan fingerprint density at radius 2 is 2.00 bits per heavy atom. The molecule has 1 atom stereocenters. The van der Waals surface area contributed by atoms with E-state index in [1.165, 1.54) is 22.2 Å². The van der Waals surface area contributed by atoms with Gasteiger partial charge in [0.05, 0.1) is 24.9 Å². The Balaban J connectivity index is 1.49. The van der Waals surface area contributed by atoms with Crippen LogP contribution in [-0.4, -0.2) is 48.1 Å². The minimum Gasteiger partial charge on any atom is -0.497 e. The predicted molar refractivity (Wildman–Crippen MR) is 130 cm³/mol. The minimum absolute atomic E-state index is 0.00973. The van der Waals surface area contributed by atoms with Crippen molar-refractivity contribution < 1.29 is 9.53 Å². The summed E-state index contributed by atoms with van der Waals surface area (Å²) >= 11 is 3.02. The van der Waals surface area contributed by atoms with Crippen LogP contribution < -0.4 is 15.6 Å². The maximum Gasteiger partial charge on any atom is 0.263 e. The molecule has 4 rings (SSSR count). The van der Waals surface area contributed by atoms with Crippen molar-refractivity contribution in [3.8, 4) is 16.2 Å². The van der Waals surface area contributed by atoms with Gasteiger partial charge >= 0.3 is 0 Å². The number of ether oxygens (including phenoxy) is 1. The quantitative estimate of drug-likeness (QED) is 0.428. The number of amides is 1. The van der Waals surface area contributed by atoms with E-state index >= 15 is 0 Å². The largest absolute Gasteiger partial charge is 0.497 e. The highest BCUT2D eigenvalue weighted by molar-refractivity contribution is 7.18. The first-order valence-corrected chi connectivity index (χ1v) is 11.8. The van der Waals surface area contributed by atoms with Gasteiger partial charge in [0.2, 0.25) is 5.91 Å². The molecule has 32 heavy (non-hydrogen) atoms. The molecular formula is C23H24N4O3S2. The molecule has 3 aromatic heterocycles. The normalized spacial score (nSPS) is 12.2. The molecule has 1 amide bonds. The topological polar surface area (TPSA) is 76.5 Å². The number of likely N-dealkylation sites (N-methyl/N-ethyl adjacent to an activating group) is 1. The maximum atomic E-state index is 13.1. The van der Waals surface area contributed by atoms with Gasteiger partial charge in [-0.2, -0.15) is 0 Å². The molecule has 0 bridgehead atoms. The molecular weight excluding hydrogens is 444 g/mol. The molecule has 3 heterocycles. The number of benzene rings is 1. The smallest absolute Gasteiger partial charge is 0.263 e. The molecule has 0 aliphatic heterocycles. The first kappa shape index (κ1) is 22.2. The zero-order valence-electron chi connectivity index (χ0n) is 18.1. The van der Waals surface area contributed by atoms with Crippen molar-refractivity contribution in [2.24, 2.45) is 0 Å². The highest BCUT2D eigenvalue weighted by Gasteiger charge is 2.18. The maximum absolute atomic E-state index is 13.1. The molecule has 0 aliphatic rings. The van der Waals surface area contributed by atoms with Crippen molar-refractivity contribution >= 4 is 38.8 Å². The zero-order chi connectivity index (χ0) is 22.7. The van der Waals surface area contributed by atoms with E-state index in [9.17, 15) is 9.59 Å². The van der Waals surface area contributed by atoms with Crippen molar-refractivity contribution in [2.45, 2.75) is 12.6 Å². The summed E-state index contributed by atoms with van der Waals surface area (Å²) in [5.41, 5.74) is 1.74. The summed E-state index contributed by atoms with van der Waals surface area (Å²) in [5.74, 6) is 0.550. The number of fused-ring (bicyclic) bond motifs is 1. The van der Waals surface area contributed by atoms with E-state index in [0.29, 0.717) is 16.8 Å². The summed E-state index contributed by atoms with van der Waals surface area (Å²) in [5, 5.41) is 7.45. The first-order valence-electron chi connectivity index (χ1n) is 10.1. The van der Waals surface area contributed by atoms with Gasteiger partial charge in [-0.15, -0.1) is 22.7 Å². The minimum atomic E-state index is -0.235. The fourth-order valence-electron chi connectivity index (χ4n) is 3.54. The van der Waals surface area contributed by atoms with Crippen LogP contribution in [-0.2, 0) is 11.3 Å². The van der Waals surface area contributed by atoms with Crippen molar-refractivity contribution in [2.75, 3.05) is 27.7 Å². The number of hydrogen-bond acceptors (Lipinski definition) is 7. The molecule has 4 aromatic rings. The molecule has 1 N–H and O–H groups in total. The van der Waals surface area contributed by atoms with Crippen molar-refractivity contribution in [3.05, 3.63) is 69.4 Å². The van der Waals surface area contributed by atoms with Crippen LogP contribution in [0.1, 0.15) is 11.6 Å². The van der Waals surface area contributed by atoms with Gasteiger partial charge in [0.1, 0.15) is 17.1 Å². The van der Waals surface area contributed by atoms with Gasteiger partial charge in [-0.1, -0.05) is 18.2 Å². The summed E-state index contributed by atoms with van der Waals surface area (Å²) in [6.45, 7) is 0.339. The van der Waals surface area contributed by atoms with E-state index in [1.54, 1.807) is 18.4 Å². The molecule has 0 saturated carbocycles. The number of carbonyl (C=O) groups is 1. The van der Waals surface area contributed by atoms with Crippen molar-refractivity contribution in [1.29, 1.82) is 0 Å². The molecule has 0 aliphatic carbocycles. The fraction of sp³-hybridized carbons (Fsp3) is 0.261. The fourth-order valence-corrected chi connectivity index (χ4v) is 5.26. The third kappa shape index (κ3) is 4.59. The summed E-state index contributed by atoms with van der Waals surface area (Å²) in [6, 6.07) is 11.7. The molecule has 9 heteroatoms. The molecule has 0 radical (unpaired) electrons. The zero-order valence-corrected chi connectivity index (χ0v) is 19.7. The predicted octanol–water partition coefficient (Wildman–Crippen LogP) is 3.61. The van der Waals surface area contributed by atoms with E-state index in [2.05, 4.69) is 10.3 Å². The van der Waals surface area contributed by atoms with Gasteiger partial charge in [-0.25, -0.2) is 4.98 Å². The van der Waals surface area contributed by atoms with Gasteiger partial charge in [0.25, 0.3) is 5.56 Å². The number of nitrogens with zero attached hydrogens (tertiary/aromatic N) is 3. The second-order valence-corrected chi connectivity index (χ2v) is 9.35. The number of hydrogen-bond donors (Lipinski definition) is 1. The van der Waals surface area contributed by atoms with Gasteiger partial charge in [-0.3, -0.25) is 14.2 Å². The van der Waals surface area contributed by atoms with E-state index < -0.39 is 0 Å². The standard InChI is InChI=1S/C23H24N4O3S2/c1-26(2)18(15-6-8-16(30-3)9-7-15)11-24-20(28)12-27-14-25-22-21(23(27)29)17(13-32-22)19-5-4-10-31-19/h4-10,13-14,18H,11-12H2,1-3H3,(H,24,28)/t18-/m1/s1. The molecule has 1 aromatic carbocycles. The average Bonchev–Trinajstić information content (AvgIpc) is 3.46. The second kappa shape index (κ2) is 9.64. The SMILES string of the molecule is COc1ccc([C@@H](CNC(=O)Cn2cnc3scc(-c4cccs4)c3c2=O)N(C)C)cc1. The Morgan fingerprint density at radius 1 is 1.22 bits per heavy atom. The molecule has 7 nitrogen and oxygen atoms in total. The van der Waals surface area contributed by atoms with Gasteiger partial charge < -0.3 is 15.0 Å². The lowest BCUT2D eigenvalue weighted by Crippen LogP contribution is -2.37. The van der Waals surface area contributed by atoms with Gasteiger partial charge in [0.15, 0.2) is 0 Å². The number of nitrogens with one attached hydrogen (secondary N) is 1. The summed E-state index contributed by atoms with van der Waals surface area (Å²) in [7, 11) is 5.56. The van der Waals surface area contributed by atoms with Crippen LogP contribution in [0.25, 0.3) is 20.7 Å². The number of rotatable bonds is 8. The Morgan fingerprint density at radius 3 is 2.66 bits per heavy atom. The monoisotopic (exact) mass is 468 g/mol. The highest BCUT2D eigenvalue weighted by atomic mass is 32.1. The number of aromatic nitrogens is 2. The lowest BCUT2D eigenvalue weighted by atomic mass is 10.1. The molecule has 0 spiro atoms. The van der Waals surface area contributed by atoms with Crippen molar-refractivity contribution in [1.82, 2.24) is 19.8 Å². The van der Waals surface area contributed by atoms with Gasteiger partial charge in [0, 0.05) is 22.4 Å². The van der Waals surface area contributed by atoms with Crippen LogP contribution in [0.2, 0.25) is 0 Å². The van der Waals surface area contributed by atoms with Crippen LogP contribution in [0, 0.1) is 0 Å². The summed E-state index contributed by atoms with van der Waals surface area (Å²) < 4.78 is 6.60. The van der Waals surface area contributed by atoms with E-state index in [1.807, 2.05) is 66.2 Å². The van der Waals surface area contributed by atoms with Crippen LogP contribution in [0.3, 0.4) is 0 Å². The van der Waals surface area contributed by atoms with E-state index in [4.69, 9.17) is 4.74 Å². The summed E-state index contributed by atoms with van der Waals surface area (Å²) in [6.07, 6.45) is 1.45.